The lowest BCUT2D eigenvalue weighted by atomic mass is 10.2. The molecule has 1 aromatic heterocycles. The predicted octanol–water partition coefficient (Wildman–Crippen LogP) is 2.77. The van der Waals surface area contributed by atoms with Gasteiger partial charge in [0.2, 0.25) is 0 Å². The Bertz CT molecular complexity index is 479. The summed E-state index contributed by atoms with van der Waals surface area (Å²) in [5.74, 6) is -1.34. The van der Waals surface area contributed by atoms with Gasteiger partial charge in [0.25, 0.3) is 0 Å². The monoisotopic (exact) mass is 393 g/mol. The topological polar surface area (TPSA) is 48.4 Å². The minimum atomic E-state index is -4.93. The molecule has 106 valence electrons. The van der Waals surface area contributed by atoms with E-state index in [1.54, 1.807) is 22.6 Å². The maximum absolute atomic E-state index is 12.8. The number of carbonyl (C=O) groups excluding carboxylic acids is 1. The van der Waals surface area contributed by atoms with Crippen LogP contribution in [0.3, 0.4) is 0 Å². The van der Waals surface area contributed by atoms with Crippen LogP contribution in [0.25, 0.3) is 0 Å². The molecular formula is C10H8F4INO3. The lowest BCUT2D eigenvalue weighted by Gasteiger charge is -2.14. The number of pyridine rings is 1. The van der Waals surface area contributed by atoms with Crippen LogP contribution < -0.4 is 4.74 Å². The predicted molar refractivity (Wildman–Crippen MR) is 64.2 cm³/mol. The van der Waals surface area contributed by atoms with E-state index in [4.69, 9.17) is 0 Å². The first-order valence-electron chi connectivity index (χ1n) is 4.83. The average Bonchev–Trinajstić information content (AvgIpc) is 2.31. The highest BCUT2D eigenvalue weighted by molar-refractivity contribution is 14.1. The van der Waals surface area contributed by atoms with Crippen molar-refractivity contribution in [2.24, 2.45) is 0 Å². The van der Waals surface area contributed by atoms with Crippen molar-refractivity contribution < 1.29 is 31.8 Å². The van der Waals surface area contributed by atoms with E-state index in [1.165, 1.54) is 0 Å². The fourth-order valence-electron chi connectivity index (χ4n) is 1.22. The van der Waals surface area contributed by atoms with Crippen molar-refractivity contribution in [1.82, 2.24) is 4.98 Å². The normalized spacial score (nSPS) is 11.3. The number of rotatable bonds is 4. The van der Waals surface area contributed by atoms with Gasteiger partial charge in [0.15, 0.2) is 5.75 Å². The van der Waals surface area contributed by atoms with Crippen LogP contribution in [0.2, 0.25) is 0 Å². The molecule has 4 nitrogen and oxygen atoms in total. The largest absolute Gasteiger partial charge is 0.573 e. The van der Waals surface area contributed by atoms with Crippen LogP contribution in [0, 0.1) is 3.57 Å². The Hall–Kier alpha value is -1.13. The van der Waals surface area contributed by atoms with Gasteiger partial charge in [0.05, 0.1) is 25.4 Å². The highest BCUT2D eigenvalue weighted by atomic mass is 127. The second kappa shape index (κ2) is 6.35. The lowest BCUT2D eigenvalue weighted by Crippen LogP contribution is -2.19. The molecule has 0 aliphatic heterocycles. The van der Waals surface area contributed by atoms with Gasteiger partial charge >= 0.3 is 12.3 Å². The first-order valence-corrected chi connectivity index (χ1v) is 5.91. The molecule has 0 unspecified atom stereocenters. The van der Waals surface area contributed by atoms with Crippen molar-refractivity contribution >= 4 is 28.6 Å². The van der Waals surface area contributed by atoms with Crippen molar-refractivity contribution in [2.75, 3.05) is 7.11 Å². The summed E-state index contributed by atoms with van der Waals surface area (Å²) in [6, 6.07) is 0. The van der Waals surface area contributed by atoms with E-state index >= 15 is 0 Å². The SMILES string of the molecule is COC(=O)Cc1ncc(OC(F)(F)F)c(CF)c1I. The van der Waals surface area contributed by atoms with Crippen LogP contribution in [-0.4, -0.2) is 24.4 Å². The molecular weight excluding hydrogens is 385 g/mol. The quantitative estimate of drug-likeness (QED) is 0.449. The standard InChI is InChI=1S/C10H8F4INO3/c1-18-8(17)2-6-9(15)5(3-11)7(4-16-6)19-10(12,13)14/h4H,2-3H2,1H3. The van der Waals surface area contributed by atoms with Crippen LogP contribution in [0.5, 0.6) is 5.75 Å². The molecule has 0 radical (unpaired) electrons. The second-order valence-corrected chi connectivity index (χ2v) is 4.37. The smallest absolute Gasteiger partial charge is 0.469 e. The Kier molecular flexibility index (Phi) is 5.32. The summed E-state index contributed by atoms with van der Waals surface area (Å²) in [7, 11) is 1.16. The average molecular weight is 393 g/mol. The zero-order chi connectivity index (χ0) is 14.6. The van der Waals surface area contributed by atoms with Crippen molar-refractivity contribution in [3.05, 3.63) is 21.0 Å². The third-order valence-corrected chi connectivity index (χ3v) is 3.33. The van der Waals surface area contributed by atoms with Gasteiger partial charge in [-0.25, -0.2) is 4.39 Å². The van der Waals surface area contributed by atoms with Crippen LogP contribution in [0.1, 0.15) is 11.3 Å². The van der Waals surface area contributed by atoms with Crippen LogP contribution in [-0.2, 0) is 22.6 Å². The van der Waals surface area contributed by atoms with Crippen molar-refractivity contribution in [3.8, 4) is 5.75 Å². The summed E-state index contributed by atoms with van der Waals surface area (Å²) in [6.07, 6.45) is -4.45. The minimum Gasteiger partial charge on any atom is -0.469 e. The third kappa shape index (κ3) is 4.48. The highest BCUT2D eigenvalue weighted by Crippen LogP contribution is 2.31. The number of halogens is 5. The van der Waals surface area contributed by atoms with E-state index in [1.807, 2.05) is 0 Å². The van der Waals surface area contributed by atoms with Gasteiger partial charge in [-0.05, 0) is 22.6 Å². The molecule has 0 fully saturated rings. The van der Waals surface area contributed by atoms with Gasteiger partial charge in [-0.15, -0.1) is 13.2 Å². The van der Waals surface area contributed by atoms with E-state index in [-0.39, 0.29) is 21.2 Å². The summed E-state index contributed by atoms with van der Waals surface area (Å²) in [4.78, 5) is 14.7. The number of carbonyl (C=O) groups is 1. The molecule has 0 atom stereocenters. The van der Waals surface area contributed by atoms with E-state index in [0.717, 1.165) is 13.3 Å². The van der Waals surface area contributed by atoms with Crippen LogP contribution in [0.4, 0.5) is 17.6 Å². The van der Waals surface area contributed by atoms with E-state index in [0.29, 0.717) is 0 Å². The molecule has 19 heavy (non-hydrogen) atoms. The van der Waals surface area contributed by atoms with Crippen molar-refractivity contribution in [2.45, 2.75) is 19.5 Å². The molecule has 0 spiro atoms. The Labute approximate surface area is 119 Å². The Morgan fingerprint density at radius 3 is 2.58 bits per heavy atom. The number of nitrogens with zero attached hydrogens (tertiary/aromatic N) is 1. The van der Waals surface area contributed by atoms with Gasteiger partial charge in [-0.1, -0.05) is 0 Å². The Morgan fingerprint density at radius 2 is 2.11 bits per heavy atom. The van der Waals surface area contributed by atoms with E-state index < -0.39 is 24.8 Å². The molecule has 0 amide bonds. The Balaban J connectivity index is 3.12. The van der Waals surface area contributed by atoms with Gasteiger partial charge in [-0.3, -0.25) is 9.78 Å². The molecule has 0 N–H and O–H groups in total. The van der Waals surface area contributed by atoms with Crippen molar-refractivity contribution in [3.63, 3.8) is 0 Å². The van der Waals surface area contributed by atoms with Gasteiger partial charge in [0.1, 0.15) is 6.67 Å². The fraction of sp³-hybridized carbons (Fsp3) is 0.400. The number of hydrogen-bond acceptors (Lipinski definition) is 4. The summed E-state index contributed by atoms with van der Waals surface area (Å²) in [5.41, 5.74) is -0.165. The molecule has 0 saturated carbocycles. The van der Waals surface area contributed by atoms with Gasteiger partial charge < -0.3 is 9.47 Å². The first-order chi connectivity index (χ1) is 8.78. The second-order valence-electron chi connectivity index (χ2n) is 3.30. The maximum atomic E-state index is 12.8. The number of esters is 1. The zero-order valence-corrected chi connectivity index (χ0v) is 11.7. The van der Waals surface area contributed by atoms with E-state index in [2.05, 4.69) is 14.5 Å². The molecule has 0 bridgehead atoms. The van der Waals surface area contributed by atoms with Crippen LogP contribution >= 0.6 is 22.6 Å². The highest BCUT2D eigenvalue weighted by Gasteiger charge is 2.33. The molecule has 0 aliphatic rings. The number of alkyl halides is 4. The molecule has 9 heteroatoms. The lowest BCUT2D eigenvalue weighted by molar-refractivity contribution is -0.275. The minimum absolute atomic E-state index is 0.104. The number of hydrogen-bond donors (Lipinski definition) is 0. The first kappa shape index (κ1) is 15.9. The fourth-order valence-corrected chi connectivity index (χ4v) is 1.96. The molecule has 1 aromatic rings. The van der Waals surface area contributed by atoms with Gasteiger partial charge in [-0.2, -0.15) is 0 Å². The molecule has 0 aliphatic carbocycles. The summed E-state index contributed by atoms with van der Waals surface area (Å²) < 4.78 is 57.3. The third-order valence-electron chi connectivity index (χ3n) is 2.05. The van der Waals surface area contributed by atoms with Crippen LogP contribution in [0.15, 0.2) is 6.20 Å². The summed E-state index contributed by atoms with van der Waals surface area (Å²) in [5, 5.41) is 0. The Morgan fingerprint density at radius 1 is 1.47 bits per heavy atom. The summed E-state index contributed by atoms with van der Waals surface area (Å²) in [6.45, 7) is -1.17. The van der Waals surface area contributed by atoms with E-state index in [9.17, 15) is 22.4 Å². The van der Waals surface area contributed by atoms with Crippen molar-refractivity contribution in [1.29, 1.82) is 0 Å². The van der Waals surface area contributed by atoms with Gasteiger partial charge in [0, 0.05) is 9.13 Å². The number of ether oxygens (including phenoxy) is 2. The molecule has 1 heterocycles. The zero-order valence-electron chi connectivity index (χ0n) is 9.55. The maximum Gasteiger partial charge on any atom is 0.573 e. The summed E-state index contributed by atoms with van der Waals surface area (Å²) >= 11 is 1.61. The molecule has 0 saturated heterocycles. The molecule has 0 aromatic carbocycles. The molecule has 1 rings (SSSR count). The number of aromatic nitrogens is 1. The number of methoxy groups -OCH3 is 1.